The maximum absolute atomic E-state index is 5.56. The number of nitrogens with zero attached hydrogens (tertiary/aromatic N) is 3. The van der Waals surface area contributed by atoms with Crippen LogP contribution in [0.4, 0.5) is 0 Å². The zero-order chi connectivity index (χ0) is 21.9. The number of rotatable bonds is 6. The maximum Gasteiger partial charge on any atom is 0.212 e. The fourth-order valence-electron chi connectivity index (χ4n) is 4.47. The molecule has 164 valence electrons. The number of likely N-dealkylation sites (tertiary alicyclic amines) is 1. The van der Waals surface area contributed by atoms with Crippen molar-refractivity contribution in [1.29, 1.82) is 0 Å². The van der Waals surface area contributed by atoms with Crippen LogP contribution in [-0.4, -0.2) is 53.3 Å². The van der Waals surface area contributed by atoms with Crippen LogP contribution in [0, 0.1) is 0 Å². The molecular weight excluding hydrogens is 400 g/mol. The monoisotopic (exact) mass is 428 g/mol. The van der Waals surface area contributed by atoms with Gasteiger partial charge >= 0.3 is 0 Å². The summed E-state index contributed by atoms with van der Waals surface area (Å²) in [5.41, 5.74) is 6.57. The third-order valence-electron chi connectivity index (χ3n) is 6.28. The summed E-state index contributed by atoms with van der Waals surface area (Å²) in [6, 6.07) is 14.9. The average molecular weight is 429 g/mol. The van der Waals surface area contributed by atoms with Gasteiger partial charge in [-0.3, -0.25) is 4.90 Å². The highest BCUT2D eigenvalue weighted by Crippen LogP contribution is 2.31. The number of nitrogens with one attached hydrogen (secondary N) is 1. The van der Waals surface area contributed by atoms with Crippen molar-refractivity contribution in [2.75, 3.05) is 27.3 Å². The summed E-state index contributed by atoms with van der Waals surface area (Å²) in [7, 11) is 3.44. The summed E-state index contributed by atoms with van der Waals surface area (Å²) in [6.45, 7) is 3.11. The fraction of sp³-hybridized carbons (Fsp3) is 0.308. The molecule has 1 aliphatic heterocycles. The van der Waals surface area contributed by atoms with E-state index >= 15 is 0 Å². The molecule has 0 saturated carbocycles. The number of ether oxygens (including phenoxy) is 2. The number of piperidine rings is 1. The van der Waals surface area contributed by atoms with Crippen molar-refractivity contribution < 1.29 is 9.47 Å². The van der Waals surface area contributed by atoms with E-state index in [1.807, 2.05) is 37.8 Å². The van der Waals surface area contributed by atoms with Gasteiger partial charge < -0.3 is 14.5 Å². The van der Waals surface area contributed by atoms with Crippen LogP contribution in [0.15, 0.2) is 61.1 Å². The van der Waals surface area contributed by atoms with Crippen LogP contribution in [0.1, 0.15) is 18.4 Å². The van der Waals surface area contributed by atoms with Gasteiger partial charge in [-0.05, 0) is 42.6 Å². The number of fused-ring (bicyclic) bond motifs is 1. The molecule has 32 heavy (non-hydrogen) atoms. The molecule has 1 unspecified atom stereocenters. The number of hydrogen-bond donors (Lipinski definition) is 1. The molecule has 4 aromatic rings. The van der Waals surface area contributed by atoms with Gasteiger partial charge in [-0.1, -0.05) is 24.3 Å². The van der Waals surface area contributed by atoms with Gasteiger partial charge in [0.25, 0.3) is 0 Å². The Morgan fingerprint density at radius 2 is 1.81 bits per heavy atom. The predicted molar refractivity (Wildman–Crippen MR) is 127 cm³/mol. The van der Waals surface area contributed by atoms with E-state index < -0.39 is 0 Å². The van der Waals surface area contributed by atoms with Crippen LogP contribution in [0.5, 0.6) is 5.88 Å². The molecule has 6 nitrogen and oxygen atoms in total. The number of hydrogen-bond acceptors (Lipinski definition) is 5. The molecule has 0 radical (unpaired) electrons. The maximum atomic E-state index is 5.56. The fourth-order valence-corrected chi connectivity index (χ4v) is 4.47. The summed E-state index contributed by atoms with van der Waals surface area (Å²) in [5.74, 6) is 0.606. The SMILES string of the molecule is COc1ccc(-c2c[nH]c3ncc(-c4ccc(CN5CCCC(OC)C5)cc4)cc23)cn1. The highest BCUT2D eigenvalue weighted by Gasteiger charge is 2.19. The van der Waals surface area contributed by atoms with Gasteiger partial charge in [0.15, 0.2) is 0 Å². The molecular formula is C26H28N4O2. The molecule has 0 bridgehead atoms. The van der Waals surface area contributed by atoms with Gasteiger partial charge in [0.2, 0.25) is 5.88 Å². The first-order chi connectivity index (χ1) is 15.7. The van der Waals surface area contributed by atoms with E-state index in [1.165, 1.54) is 12.0 Å². The average Bonchev–Trinajstić information content (AvgIpc) is 3.28. The Morgan fingerprint density at radius 3 is 2.56 bits per heavy atom. The lowest BCUT2D eigenvalue weighted by Crippen LogP contribution is -2.38. The van der Waals surface area contributed by atoms with Crippen LogP contribution in [-0.2, 0) is 11.3 Å². The number of H-pyrrole nitrogens is 1. The Morgan fingerprint density at radius 1 is 1.00 bits per heavy atom. The molecule has 1 aromatic carbocycles. The van der Waals surface area contributed by atoms with Crippen molar-refractivity contribution in [3.05, 3.63) is 66.6 Å². The Hall–Kier alpha value is -3.22. The highest BCUT2D eigenvalue weighted by molar-refractivity contribution is 5.95. The Labute approximate surface area is 188 Å². The van der Waals surface area contributed by atoms with Crippen molar-refractivity contribution in [2.24, 2.45) is 0 Å². The molecule has 0 aliphatic carbocycles. The first-order valence-electron chi connectivity index (χ1n) is 11.1. The molecule has 6 heteroatoms. The first-order valence-corrected chi connectivity index (χ1v) is 11.1. The molecule has 1 saturated heterocycles. The van der Waals surface area contributed by atoms with Gasteiger partial charge in [0, 0.05) is 66.9 Å². The summed E-state index contributed by atoms with van der Waals surface area (Å²) in [5, 5.41) is 1.08. The van der Waals surface area contributed by atoms with E-state index in [4.69, 9.17) is 9.47 Å². The van der Waals surface area contributed by atoms with Crippen molar-refractivity contribution in [3.63, 3.8) is 0 Å². The Bertz CT molecular complexity index is 1180. The minimum atomic E-state index is 0.359. The van der Waals surface area contributed by atoms with Crippen molar-refractivity contribution >= 4 is 11.0 Å². The summed E-state index contributed by atoms with van der Waals surface area (Å²) >= 11 is 0. The zero-order valence-corrected chi connectivity index (χ0v) is 18.5. The lowest BCUT2D eigenvalue weighted by molar-refractivity contribution is 0.0285. The Kier molecular flexibility index (Phi) is 5.88. The van der Waals surface area contributed by atoms with Gasteiger partial charge in [0.05, 0.1) is 13.2 Å². The number of methoxy groups -OCH3 is 2. The second-order valence-electron chi connectivity index (χ2n) is 8.34. The molecule has 1 atom stereocenters. The van der Waals surface area contributed by atoms with Crippen molar-refractivity contribution in [3.8, 4) is 28.1 Å². The lowest BCUT2D eigenvalue weighted by atomic mass is 10.0. The molecule has 5 rings (SSSR count). The quantitative estimate of drug-likeness (QED) is 0.473. The summed E-state index contributed by atoms with van der Waals surface area (Å²) in [4.78, 5) is 14.7. The van der Waals surface area contributed by atoms with E-state index in [-0.39, 0.29) is 0 Å². The molecule has 4 heterocycles. The molecule has 3 aromatic heterocycles. The van der Waals surface area contributed by atoms with Crippen LogP contribution in [0.3, 0.4) is 0 Å². The van der Waals surface area contributed by atoms with Gasteiger partial charge in [-0.15, -0.1) is 0 Å². The minimum Gasteiger partial charge on any atom is -0.481 e. The number of aromatic amines is 1. The molecule has 1 fully saturated rings. The van der Waals surface area contributed by atoms with E-state index in [9.17, 15) is 0 Å². The second-order valence-corrected chi connectivity index (χ2v) is 8.34. The van der Waals surface area contributed by atoms with Gasteiger partial charge in [-0.2, -0.15) is 0 Å². The van der Waals surface area contributed by atoms with Crippen LogP contribution >= 0.6 is 0 Å². The highest BCUT2D eigenvalue weighted by atomic mass is 16.5. The van der Waals surface area contributed by atoms with Crippen LogP contribution in [0.25, 0.3) is 33.3 Å². The smallest absolute Gasteiger partial charge is 0.212 e. The standard InChI is InChI=1S/C26H28N4O2/c1-31-22-4-3-11-30(17-22)16-18-5-7-19(8-6-18)21-12-23-24(15-29-26(23)28-14-21)20-9-10-25(32-2)27-13-20/h5-10,12-15,22H,3-4,11,16-17H2,1-2H3,(H,28,29). The first kappa shape index (κ1) is 20.7. The number of aromatic nitrogens is 3. The summed E-state index contributed by atoms with van der Waals surface area (Å²) in [6.07, 6.45) is 8.47. The van der Waals surface area contributed by atoms with E-state index in [0.717, 1.165) is 59.3 Å². The number of benzene rings is 1. The third-order valence-corrected chi connectivity index (χ3v) is 6.28. The topological polar surface area (TPSA) is 63.3 Å². The van der Waals surface area contributed by atoms with E-state index in [2.05, 4.69) is 50.2 Å². The zero-order valence-electron chi connectivity index (χ0n) is 18.5. The van der Waals surface area contributed by atoms with Crippen molar-refractivity contribution in [2.45, 2.75) is 25.5 Å². The Balaban J connectivity index is 1.37. The molecule has 0 spiro atoms. The minimum absolute atomic E-state index is 0.359. The molecule has 1 N–H and O–H groups in total. The largest absolute Gasteiger partial charge is 0.481 e. The van der Waals surface area contributed by atoms with Crippen LogP contribution < -0.4 is 4.74 Å². The third kappa shape index (κ3) is 4.24. The van der Waals surface area contributed by atoms with E-state index in [0.29, 0.717) is 12.0 Å². The van der Waals surface area contributed by atoms with Crippen molar-refractivity contribution in [1.82, 2.24) is 19.9 Å². The van der Waals surface area contributed by atoms with E-state index in [1.54, 1.807) is 7.11 Å². The number of pyridine rings is 2. The summed E-state index contributed by atoms with van der Waals surface area (Å²) < 4.78 is 10.7. The van der Waals surface area contributed by atoms with Gasteiger partial charge in [-0.25, -0.2) is 9.97 Å². The molecule has 1 aliphatic rings. The van der Waals surface area contributed by atoms with Crippen LogP contribution in [0.2, 0.25) is 0 Å². The normalized spacial score (nSPS) is 17.0. The van der Waals surface area contributed by atoms with Gasteiger partial charge in [0.1, 0.15) is 5.65 Å². The predicted octanol–water partition coefficient (Wildman–Crippen LogP) is 4.91. The molecule has 0 amide bonds. The lowest BCUT2D eigenvalue weighted by Gasteiger charge is -2.31. The second kappa shape index (κ2) is 9.10.